The van der Waals surface area contributed by atoms with Crippen molar-refractivity contribution < 1.29 is 0 Å². The van der Waals surface area contributed by atoms with Crippen LogP contribution in [-0.4, -0.2) is 9.55 Å². The predicted molar refractivity (Wildman–Crippen MR) is 69.8 cm³/mol. The topological polar surface area (TPSA) is 43.8 Å². The van der Waals surface area contributed by atoms with E-state index in [1.54, 1.807) is 0 Å². The van der Waals surface area contributed by atoms with Crippen molar-refractivity contribution in [3.05, 3.63) is 53.6 Å². The molecule has 0 aliphatic carbocycles. The molecule has 0 saturated carbocycles. The van der Waals surface area contributed by atoms with Crippen molar-refractivity contribution >= 4 is 0 Å². The summed E-state index contributed by atoms with van der Waals surface area (Å²) in [4.78, 5) is 4.39. The van der Waals surface area contributed by atoms with Gasteiger partial charge in [-0.25, -0.2) is 4.98 Å². The van der Waals surface area contributed by atoms with Crippen molar-refractivity contribution in [1.82, 2.24) is 9.55 Å². The number of benzene rings is 1. The third-order valence-corrected chi connectivity index (χ3v) is 2.98. The van der Waals surface area contributed by atoms with Crippen molar-refractivity contribution in [2.24, 2.45) is 5.73 Å². The number of nitrogens with zero attached hydrogens (tertiary/aromatic N) is 2. The summed E-state index contributed by atoms with van der Waals surface area (Å²) < 4.78 is 2.17. The molecule has 1 atom stereocenters. The second-order valence-corrected chi connectivity index (χ2v) is 4.34. The third kappa shape index (κ3) is 2.74. The molecule has 0 radical (unpaired) electrons. The van der Waals surface area contributed by atoms with Crippen LogP contribution in [0, 0.1) is 0 Å². The maximum absolute atomic E-state index is 5.89. The van der Waals surface area contributed by atoms with Gasteiger partial charge >= 0.3 is 0 Å². The van der Waals surface area contributed by atoms with Crippen molar-refractivity contribution in [3.63, 3.8) is 0 Å². The van der Waals surface area contributed by atoms with Crippen LogP contribution in [0.5, 0.6) is 0 Å². The fraction of sp³-hybridized carbons (Fsp3) is 0.357. The summed E-state index contributed by atoms with van der Waals surface area (Å²) in [5.41, 5.74) is 8.33. The minimum Gasteiger partial charge on any atom is -0.335 e. The summed E-state index contributed by atoms with van der Waals surface area (Å²) in [7, 11) is 0. The second kappa shape index (κ2) is 5.15. The lowest BCUT2D eigenvalue weighted by Crippen LogP contribution is -2.06. The summed E-state index contributed by atoms with van der Waals surface area (Å²) in [6.07, 6.45) is 4.74. The highest BCUT2D eigenvalue weighted by atomic mass is 15.0. The molecule has 0 amide bonds. The highest BCUT2D eigenvalue weighted by Gasteiger charge is 2.05. The van der Waals surface area contributed by atoms with Crippen molar-refractivity contribution in [2.45, 2.75) is 32.9 Å². The molecular formula is C14H19N3. The molecule has 90 valence electrons. The molecule has 0 aliphatic heterocycles. The van der Waals surface area contributed by atoms with E-state index in [0.29, 0.717) is 0 Å². The molecule has 1 aromatic carbocycles. The normalized spacial score (nSPS) is 12.6. The first-order valence-electron chi connectivity index (χ1n) is 6.05. The van der Waals surface area contributed by atoms with Crippen LogP contribution in [0.1, 0.15) is 36.8 Å². The van der Waals surface area contributed by atoms with Crippen LogP contribution in [0.4, 0.5) is 0 Å². The van der Waals surface area contributed by atoms with Gasteiger partial charge in [-0.15, -0.1) is 0 Å². The molecule has 0 bridgehead atoms. The van der Waals surface area contributed by atoms with Crippen molar-refractivity contribution in [2.75, 3.05) is 0 Å². The van der Waals surface area contributed by atoms with Gasteiger partial charge in [0.15, 0.2) is 0 Å². The van der Waals surface area contributed by atoms with Gasteiger partial charge in [0.1, 0.15) is 5.82 Å². The average molecular weight is 229 g/mol. The average Bonchev–Trinajstić information content (AvgIpc) is 2.76. The molecule has 2 aromatic rings. The Bertz CT molecular complexity index is 486. The fourth-order valence-electron chi connectivity index (χ4n) is 1.96. The number of hydrogen-bond donors (Lipinski definition) is 1. The molecule has 17 heavy (non-hydrogen) atoms. The Balaban J connectivity index is 2.21. The van der Waals surface area contributed by atoms with Gasteiger partial charge in [-0.3, -0.25) is 0 Å². The lowest BCUT2D eigenvalue weighted by Gasteiger charge is -2.09. The highest BCUT2D eigenvalue weighted by molar-refractivity contribution is 5.27. The third-order valence-electron chi connectivity index (χ3n) is 2.98. The zero-order valence-corrected chi connectivity index (χ0v) is 10.4. The Hall–Kier alpha value is -1.61. The Morgan fingerprint density at radius 2 is 2.24 bits per heavy atom. The van der Waals surface area contributed by atoms with Crippen LogP contribution in [0.15, 0.2) is 36.7 Å². The first kappa shape index (κ1) is 11.9. The number of imidazole rings is 1. The molecule has 1 unspecified atom stereocenters. The van der Waals surface area contributed by atoms with Gasteiger partial charge in [0.2, 0.25) is 0 Å². The van der Waals surface area contributed by atoms with E-state index < -0.39 is 0 Å². The van der Waals surface area contributed by atoms with Gasteiger partial charge in [-0.05, 0) is 25.0 Å². The lowest BCUT2D eigenvalue weighted by atomic mass is 10.0. The van der Waals surface area contributed by atoms with Crippen LogP contribution in [0.3, 0.4) is 0 Å². The molecule has 1 heterocycles. The monoisotopic (exact) mass is 229 g/mol. The number of nitrogens with two attached hydrogens (primary N) is 1. The fourth-order valence-corrected chi connectivity index (χ4v) is 1.96. The number of aryl methyl sites for hydroxylation is 1. The summed E-state index contributed by atoms with van der Waals surface area (Å²) in [5, 5.41) is 0. The largest absolute Gasteiger partial charge is 0.335 e. The van der Waals surface area contributed by atoms with E-state index in [9.17, 15) is 0 Å². The van der Waals surface area contributed by atoms with Crippen molar-refractivity contribution in [1.29, 1.82) is 0 Å². The quantitative estimate of drug-likeness (QED) is 0.875. The second-order valence-electron chi connectivity index (χ2n) is 4.34. The standard InChI is InChI=1S/C14H19N3/c1-3-17-8-7-16-14(17)10-12-5-4-6-13(9-12)11(2)15/h4-9,11H,3,10,15H2,1-2H3. The summed E-state index contributed by atoms with van der Waals surface area (Å²) in [6.45, 7) is 5.10. The molecule has 2 N–H and O–H groups in total. The Kier molecular flexibility index (Phi) is 3.59. The smallest absolute Gasteiger partial charge is 0.113 e. The Morgan fingerprint density at radius 1 is 1.41 bits per heavy atom. The SMILES string of the molecule is CCn1ccnc1Cc1cccc(C(C)N)c1. The van der Waals surface area contributed by atoms with Crippen LogP contribution in [0.25, 0.3) is 0 Å². The van der Waals surface area contributed by atoms with Gasteiger partial charge in [0.05, 0.1) is 0 Å². The molecule has 0 spiro atoms. The van der Waals surface area contributed by atoms with Crippen LogP contribution in [-0.2, 0) is 13.0 Å². The molecule has 0 saturated heterocycles. The molecule has 1 aromatic heterocycles. The van der Waals surface area contributed by atoms with Gasteiger partial charge in [0.25, 0.3) is 0 Å². The zero-order chi connectivity index (χ0) is 12.3. The molecule has 3 nitrogen and oxygen atoms in total. The van der Waals surface area contributed by atoms with Crippen LogP contribution < -0.4 is 5.73 Å². The number of rotatable bonds is 4. The first-order valence-corrected chi connectivity index (χ1v) is 6.05. The first-order chi connectivity index (χ1) is 8.20. The predicted octanol–water partition coefficient (Wildman–Crippen LogP) is 2.51. The van der Waals surface area contributed by atoms with Gasteiger partial charge < -0.3 is 10.3 Å². The summed E-state index contributed by atoms with van der Waals surface area (Å²) in [6, 6.07) is 8.51. The number of aromatic nitrogens is 2. The molecular weight excluding hydrogens is 210 g/mol. The summed E-state index contributed by atoms with van der Waals surface area (Å²) >= 11 is 0. The van der Waals surface area contributed by atoms with E-state index in [4.69, 9.17) is 5.73 Å². The maximum Gasteiger partial charge on any atom is 0.113 e. The molecule has 0 fully saturated rings. The van der Waals surface area contributed by atoms with E-state index in [1.807, 2.05) is 19.3 Å². The van der Waals surface area contributed by atoms with E-state index in [-0.39, 0.29) is 6.04 Å². The minimum absolute atomic E-state index is 0.0841. The lowest BCUT2D eigenvalue weighted by molar-refractivity contribution is 0.711. The molecule has 2 rings (SSSR count). The minimum atomic E-state index is 0.0841. The highest BCUT2D eigenvalue weighted by Crippen LogP contribution is 2.14. The Labute approximate surface area is 102 Å². The molecule has 0 aliphatic rings. The van der Waals surface area contributed by atoms with Gasteiger partial charge in [-0.2, -0.15) is 0 Å². The Morgan fingerprint density at radius 3 is 2.94 bits per heavy atom. The van der Waals surface area contributed by atoms with E-state index in [1.165, 1.54) is 11.1 Å². The summed E-state index contributed by atoms with van der Waals surface area (Å²) in [5.74, 6) is 1.11. The van der Waals surface area contributed by atoms with E-state index >= 15 is 0 Å². The molecule has 3 heteroatoms. The van der Waals surface area contributed by atoms with E-state index in [0.717, 1.165) is 18.8 Å². The zero-order valence-electron chi connectivity index (χ0n) is 10.4. The van der Waals surface area contributed by atoms with E-state index in [2.05, 4.69) is 40.7 Å². The van der Waals surface area contributed by atoms with Crippen molar-refractivity contribution in [3.8, 4) is 0 Å². The van der Waals surface area contributed by atoms with Gasteiger partial charge in [-0.1, -0.05) is 24.3 Å². The van der Waals surface area contributed by atoms with Crippen LogP contribution in [0.2, 0.25) is 0 Å². The van der Waals surface area contributed by atoms with Gasteiger partial charge in [0, 0.05) is 31.4 Å². The van der Waals surface area contributed by atoms with Crippen LogP contribution >= 0.6 is 0 Å². The maximum atomic E-state index is 5.89. The number of hydrogen-bond acceptors (Lipinski definition) is 2.